The maximum atomic E-state index is 14.3. The van der Waals surface area contributed by atoms with E-state index in [9.17, 15) is 27.4 Å². The van der Waals surface area contributed by atoms with Crippen LogP contribution in [-0.2, 0) is 20.2 Å². The lowest BCUT2D eigenvalue weighted by molar-refractivity contribution is -0.275. The summed E-state index contributed by atoms with van der Waals surface area (Å²) in [6.07, 6.45) is -5.50. The highest BCUT2D eigenvalue weighted by molar-refractivity contribution is 7.96. The second-order valence-electron chi connectivity index (χ2n) is 9.45. The summed E-state index contributed by atoms with van der Waals surface area (Å²) in [5.74, 6) is -0.783. The molecule has 6 nitrogen and oxygen atoms in total. The number of aryl methyl sites for hydroxylation is 1. The predicted octanol–water partition coefficient (Wildman–Crippen LogP) is 7.20. The average Bonchev–Trinajstić information content (AvgIpc) is 3.25. The first-order valence-corrected chi connectivity index (χ1v) is 13.4. The monoisotopic (exact) mass is 573 g/mol. The van der Waals surface area contributed by atoms with Crippen molar-refractivity contribution in [3.05, 3.63) is 68.7 Å². The molecule has 2 atom stereocenters. The minimum atomic E-state index is -4.85. The summed E-state index contributed by atoms with van der Waals surface area (Å²) in [6, 6.07) is 9.81. The lowest BCUT2D eigenvalue weighted by Gasteiger charge is -2.29. The molecule has 0 bridgehead atoms. The third-order valence-corrected chi connectivity index (χ3v) is 9.87. The van der Waals surface area contributed by atoms with Crippen molar-refractivity contribution in [3.63, 3.8) is 0 Å². The number of halogens is 5. The van der Waals surface area contributed by atoms with Crippen LogP contribution in [0.25, 0.3) is 0 Å². The molecule has 1 heterocycles. The van der Waals surface area contributed by atoms with Crippen molar-refractivity contribution in [1.82, 2.24) is 0 Å². The Bertz CT molecular complexity index is 1440. The lowest BCUT2D eigenvalue weighted by atomic mass is 9.86. The molecule has 1 aliphatic rings. The number of hydrogen-bond donors (Lipinski definition) is 0. The van der Waals surface area contributed by atoms with Gasteiger partial charge in [0.1, 0.15) is 4.75 Å². The molecule has 0 saturated heterocycles. The number of carbonyl (C=O) groups excluding carboxylic acids is 1. The van der Waals surface area contributed by atoms with E-state index in [1.807, 2.05) is 6.07 Å². The quantitative estimate of drug-likeness (QED) is 0.378. The standard InChI is InChI=1S/C25H24Cl2F3N3O3S/c1-14(2)37(35,23(4,5)13-31)33-22(34)20-7-6-16(8-15(20)3)21-12-24(36-32-21,25(28,29)30)17-9-18(26)11-19(27)10-17/h6-11,14H,12H2,1-5H3. The minimum Gasteiger partial charge on any atom is -0.374 e. The van der Waals surface area contributed by atoms with Gasteiger partial charge in [0.05, 0.1) is 21.5 Å². The summed E-state index contributed by atoms with van der Waals surface area (Å²) in [5.41, 5.74) is -2.29. The fourth-order valence-electron chi connectivity index (χ4n) is 3.98. The highest BCUT2D eigenvalue weighted by atomic mass is 35.5. The number of hydrogen-bond acceptors (Lipinski definition) is 5. The van der Waals surface area contributed by atoms with Gasteiger partial charge in [0, 0.05) is 32.8 Å². The van der Waals surface area contributed by atoms with E-state index in [-0.39, 0.29) is 26.9 Å². The molecule has 198 valence electrons. The van der Waals surface area contributed by atoms with E-state index in [1.54, 1.807) is 20.8 Å². The van der Waals surface area contributed by atoms with Crippen molar-refractivity contribution in [1.29, 1.82) is 5.26 Å². The zero-order valence-corrected chi connectivity index (χ0v) is 22.9. The van der Waals surface area contributed by atoms with E-state index in [4.69, 9.17) is 28.0 Å². The zero-order chi connectivity index (χ0) is 28.0. The molecule has 3 rings (SSSR count). The molecule has 0 N–H and O–H groups in total. The third kappa shape index (κ3) is 5.22. The SMILES string of the molecule is Cc1cc(C2=NOC(c3cc(Cl)cc(Cl)c3)(C(F)(F)F)C2)ccc1C(=O)N=S(=O)(C(C)C)C(C)(C)C#N. The van der Waals surface area contributed by atoms with Gasteiger partial charge in [-0.1, -0.05) is 48.3 Å². The third-order valence-electron chi connectivity index (χ3n) is 6.16. The van der Waals surface area contributed by atoms with Crippen molar-refractivity contribution in [2.75, 3.05) is 0 Å². The number of nitriles is 1. The van der Waals surface area contributed by atoms with Crippen LogP contribution in [-0.4, -0.2) is 32.0 Å². The van der Waals surface area contributed by atoms with E-state index >= 15 is 0 Å². The van der Waals surface area contributed by atoms with Gasteiger partial charge in [-0.2, -0.15) is 22.8 Å². The number of carbonyl (C=O) groups is 1. The van der Waals surface area contributed by atoms with Crippen LogP contribution in [0.2, 0.25) is 10.0 Å². The smallest absolute Gasteiger partial charge is 0.374 e. The van der Waals surface area contributed by atoms with Gasteiger partial charge < -0.3 is 4.84 Å². The molecule has 0 fully saturated rings. The molecule has 2 aromatic rings. The van der Waals surface area contributed by atoms with Gasteiger partial charge in [0.15, 0.2) is 0 Å². The highest BCUT2D eigenvalue weighted by Crippen LogP contribution is 2.49. The summed E-state index contributed by atoms with van der Waals surface area (Å²) in [5, 5.41) is 12.6. The van der Waals surface area contributed by atoms with Gasteiger partial charge in [-0.3, -0.25) is 4.79 Å². The summed E-state index contributed by atoms with van der Waals surface area (Å²) >= 11 is 11.9. The van der Waals surface area contributed by atoms with Gasteiger partial charge in [-0.25, -0.2) is 4.21 Å². The number of alkyl halides is 3. The Hall–Kier alpha value is -2.61. The molecule has 0 saturated carbocycles. The molecular weight excluding hydrogens is 550 g/mol. The van der Waals surface area contributed by atoms with Crippen LogP contribution < -0.4 is 0 Å². The molecule has 0 aromatic heterocycles. The number of amides is 1. The number of oxime groups is 1. The van der Waals surface area contributed by atoms with Crippen molar-refractivity contribution in [2.45, 2.75) is 62.8 Å². The number of rotatable bonds is 5. The Morgan fingerprint density at radius 1 is 1.19 bits per heavy atom. The molecule has 0 aliphatic carbocycles. The predicted molar refractivity (Wildman–Crippen MR) is 137 cm³/mol. The average molecular weight is 574 g/mol. The van der Waals surface area contributed by atoms with Crippen LogP contribution in [0.5, 0.6) is 0 Å². The molecule has 1 aliphatic heterocycles. The van der Waals surface area contributed by atoms with Crippen LogP contribution in [0.15, 0.2) is 45.9 Å². The Labute approximate surface area is 223 Å². The Morgan fingerprint density at radius 2 is 1.78 bits per heavy atom. The van der Waals surface area contributed by atoms with Crippen LogP contribution in [0, 0.1) is 18.3 Å². The summed E-state index contributed by atoms with van der Waals surface area (Å²) < 4.78 is 58.8. The number of nitrogens with zero attached hydrogens (tertiary/aromatic N) is 3. The Morgan fingerprint density at radius 3 is 2.27 bits per heavy atom. The topological polar surface area (TPSA) is 91.9 Å². The van der Waals surface area contributed by atoms with Gasteiger partial charge in [0.25, 0.3) is 11.5 Å². The van der Waals surface area contributed by atoms with E-state index in [0.29, 0.717) is 11.1 Å². The summed E-state index contributed by atoms with van der Waals surface area (Å²) in [6.45, 7) is 7.72. The minimum absolute atomic E-state index is 0.00375. The molecule has 2 aromatic carbocycles. The largest absolute Gasteiger partial charge is 0.435 e. The molecule has 2 unspecified atom stereocenters. The van der Waals surface area contributed by atoms with Crippen molar-refractivity contribution < 1.29 is 27.0 Å². The maximum Gasteiger partial charge on any atom is 0.435 e. The van der Waals surface area contributed by atoms with Gasteiger partial charge in [-0.15, -0.1) is 0 Å². The molecule has 12 heteroatoms. The molecule has 1 amide bonds. The maximum absolute atomic E-state index is 14.3. The first-order valence-electron chi connectivity index (χ1n) is 11.1. The first-order chi connectivity index (χ1) is 17.0. The number of benzene rings is 2. The van der Waals surface area contributed by atoms with Gasteiger partial charge in [-0.05, 0) is 62.2 Å². The van der Waals surface area contributed by atoms with Gasteiger partial charge >= 0.3 is 6.18 Å². The second kappa shape index (κ2) is 9.93. The highest BCUT2D eigenvalue weighted by Gasteiger charge is 2.62. The lowest BCUT2D eigenvalue weighted by Crippen LogP contribution is -2.42. The molecular formula is C25H24Cl2F3N3O3S. The Balaban J connectivity index is 2.00. The first kappa shape index (κ1) is 29.0. The zero-order valence-electron chi connectivity index (χ0n) is 20.6. The summed E-state index contributed by atoms with van der Waals surface area (Å²) in [7, 11) is -3.27. The van der Waals surface area contributed by atoms with E-state index in [1.165, 1.54) is 38.1 Å². The van der Waals surface area contributed by atoms with Gasteiger partial charge in [0.2, 0.25) is 0 Å². The Kier molecular flexibility index (Phi) is 7.77. The summed E-state index contributed by atoms with van der Waals surface area (Å²) in [4.78, 5) is 18.0. The molecule has 37 heavy (non-hydrogen) atoms. The fraction of sp³-hybridized carbons (Fsp3) is 0.400. The molecule has 0 radical (unpaired) electrons. The van der Waals surface area contributed by atoms with Crippen LogP contribution in [0.1, 0.15) is 61.2 Å². The van der Waals surface area contributed by atoms with Crippen molar-refractivity contribution in [3.8, 4) is 6.07 Å². The van der Waals surface area contributed by atoms with E-state index < -0.39 is 43.8 Å². The van der Waals surface area contributed by atoms with Crippen LogP contribution >= 0.6 is 23.2 Å². The normalized spacial score (nSPS) is 19.6. The van der Waals surface area contributed by atoms with Crippen molar-refractivity contribution >= 4 is 44.5 Å². The fourth-order valence-corrected chi connectivity index (χ4v) is 6.59. The van der Waals surface area contributed by atoms with E-state index in [0.717, 1.165) is 12.1 Å². The van der Waals surface area contributed by atoms with Crippen molar-refractivity contribution in [2.24, 2.45) is 9.52 Å². The van der Waals surface area contributed by atoms with E-state index in [2.05, 4.69) is 9.52 Å². The van der Waals surface area contributed by atoms with Crippen LogP contribution in [0.4, 0.5) is 13.2 Å². The molecule has 0 spiro atoms. The second-order valence-corrected chi connectivity index (χ2v) is 13.6. The van der Waals surface area contributed by atoms with Crippen LogP contribution in [0.3, 0.4) is 0 Å².